The van der Waals surface area contributed by atoms with E-state index in [-0.39, 0.29) is 17.6 Å². The molecular formula is C22H28N2O5S. The lowest BCUT2D eigenvalue weighted by molar-refractivity contribution is -0.120. The zero-order valence-electron chi connectivity index (χ0n) is 17.1. The van der Waals surface area contributed by atoms with Gasteiger partial charge in [-0.2, -0.15) is 0 Å². The molecule has 0 bridgehead atoms. The Hall–Kier alpha value is -2.42. The summed E-state index contributed by atoms with van der Waals surface area (Å²) in [5.74, 6) is 0.336. The Kier molecular flexibility index (Phi) is 7.84. The summed E-state index contributed by atoms with van der Waals surface area (Å²) in [5.41, 5.74) is 1.43. The average molecular weight is 433 g/mol. The van der Waals surface area contributed by atoms with E-state index >= 15 is 0 Å². The molecule has 1 aliphatic rings. The highest BCUT2D eigenvalue weighted by atomic mass is 32.2. The maximum atomic E-state index is 12.7. The molecule has 162 valence electrons. The number of nitrogens with zero attached hydrogens (tertiary/aromatic N) is 1. The van der Waals surface area contributed by atoms with Gasteiger partial charge in [0.2, 0.25) is 15.9 Å². The van der Waals surface area contributed by atoms with Crippen molar-refractivity contribution in [3.63, 3.8) is 0 Å². The van der Waals surface area contributed by atoms with Crippen molar-refractivity contribution in [2.24, 2.45) is 5.92 Å². The lowest BCUT2D eigenvalue weighted by atomic mass is 9.97. The molecular weight excluding hydrogens is 404 g/mol. The van der Waals surface area contributed by atoms with Gasteiger partial charge in [-0.05, 0) is 30.5 Å². The molecule has 3 rings (SSSR count). The van der Waals surface area contributed by atoms with E-state index in [1.54, 1.807) is 19.2 Å². The molecule has 0 saturated carbocycles. The number of carbonyl (C=O) groups excluding carboxylic acids is 1. The van der Waals surface area contributed by atoms with Gasteiger partial charge in [-0.3, -0.25) is 4.79 Å². The number of hydrogen-bond acceptors (Lipinski definition) is 5. The van der Waals surface area contributed by atoms with Crippen LogP contribution in [-0.4, -0.2) is 52.0 Å². The lowest BCUT2D eigenvalue weighted by Gasteiger charge is -2.30. The summed E-state index contributed by atoms with van der Waals surface area (Å²) >= 11 is 0. The van der Waals surface area contributed by atoms with Crippen molar-refractivity contribution in [3.05, 3.63) is 60.2 Å². The SMILES string of the molecule is COCCOc1cccc(NC(=O)C2CCN(S(=O)(=O)Cc3ccccc3)CC2)c1. The van der Waals surface area contributed by atoms with Gasteiger partial charge >= 0.3 is 0 Å². The minimum absolute atomic E-state index is 0.0133. The van der Waals surface area contributed by atoms with Gasteiger partial charge in [0.25, 0.3) is 0 Å². The Morgan fingerprint density at radius 2 is 1.80 bits per heavy atom. The van der Waals surface area contributed by atoms with Crippen molar-refractivity contribution in [1.82, 2.24) is 4.31 Å². The van der Waals surface area contributed by atoms with E-state index in [2.05, 4.69) is 5.32 Å². The van der Waals surface area contributed by atoms with Crippen LogP contribution in [0.15, 0.2) is 54.6 Å². The first kappa shape index (κ1) is 22.3. The fraction of sp³-hybridized carbons (Fsp3) is 0.409. The molecule has 1 saturated heterocycles. The number of methoxy groups -OCH3 is 1. The average Bonchev–Trinajstić information content (AvgIpc) is 2.75. The van der Waals surface area contributed by atoms with Gasteiger partial charge < -0.3 is 14.8 Å². The second-order valence-corrected chi connectivity index (χ2v) is 9.24. The van der Waals surface area contributed by atoms with Crippen LogP contribution >= 0.6 is 0 Å². The van der Waals surface area contributed by atoms with Gasteiger partial charge in [0, 0.05) is 37.9 Å². The largest absolute Gasteiger partial charge is 0.491 e. The molecule has 0 aromatic heterocycles. The zero-order chi connectivity index (χ0) is 21.4. The number of hydrogen-bond donors (Lipinski definition) is 1. The fourth-order valence-electron chi connectivity index (χ4n) is 3.42. The molecule has 1 amide bonds. The van der Waals surface area contributed by atoms with Gasteiger partial charge in [0.15, 0.2) is 0 Å². The molecule has 7 nitrogen and oxygen atoms in total. The molecule has 2 aromatic carbocycles. The van der Waals surface area contributed by atoms with Crippen LogP contribution in [0.4, 0.5) is 5.69 Å². The van der Waals surface area contributed by atoms with E-state index in [1.807, 2.05) is 42.5 Å². The summed E-state index contributed by atoms with van der Waals surface area (Å²) in [6.07, 6.45) is 1.01. The van der Waals surface area contributed by atoms with E-state index < -0.39 is 10.0 Å². The van der Waals surface area contributed by atoms with Crippen molar-refractivity contribution in [1.29, 1.82) is 0 Å². The highest BCUT2D eigenvalue weighted by Gasteiger charge is 2.31. The molecule has 8 heteroatoms. The first-order valence-electron chi connectivity index (χ1n) is 10.0. The number of piperidine rings is 1. The van der Waals surface area contributed by atoms with E-state index in [4.69, 9.17) is 9.47 Å². The highest BCUT2D eigenvalue weighted by Crippen LogP contribution is 2.24. The number of sulfonamides is 1. The van der Waals surface area contributed by atoms with E-state index in [9.17, 15) is 13.2 Å². The first-order chi connectivity index (χ1) is 14.5. The topological polar surface area (TPSA) is 84.9 Å². The summed E-state index contributed by atoms with van der Waals surface area (Å²) in [5, 5.41) is 2.92. The van der Waals surface area contributed by atoms with Crippen LogP contribution in [-0.2, 0) is 25.3 Å². The van der Waals surface area contributed by atoms with Gasteiger partial charge in [-0.15, -0.1) is 0 Å². The third kappa shape index (κ3) is 6.29. The third-order valence-corrected chi connectivity index (χ3v) is 6.92. The highest BCUT2D eigenvalue weighted by molar-refractivity contribution is 7.88. The quantitative estimate of drug-likeness (QED) is 0.616. The van der Waals surface area contributed by atoms with Gasteiger partial charge in [0.05, 0.1) is 12.4 Å². The summed E-state index contributed by atoms with van der Waals surface area (Å²) in [7, 11) is -1.78. The number of amides is 1. The minimum atomic E-state index is -3.39. The van der Waals surface area contributed by atoms with Crippen LogP contribution in [0.2, 0.25) is 0 Å². The van der Waals surface area contributed by atoms with Crippen molar-refractivity contribution < 1.29 is 22.7 Å². The van der Waals surface area contributed by atoms with Crippen molar-refractivity contribution >= 4 is 21.6 Å². The molecule has 0 radical (unpaired) electrons. The summed E-state index contributed by atoms with van der Waals surface area (Å²) in [6, 6.07) is 16.4. The second kappa shape index (κ2) is 10.6. The predicted molar refractivity (Wildman–Crippen MR) is 116 cm³/mol. The molecule has 0 atom stereocenters. The minimum Gasteiger partial charge on any atom is -0.491 e. The van der Waals surface area contributed by atoms with E-state index in [0.717, 1.165) is 5.56 Å². The number of ether oxygens (including phenoxy) is 2. The molecule has 0 spiro atoms. The molecule has 0 aliphatic carbocycles. The number of rotatable bonds is 9. The lowest BCUT2D eigenvalue weighted by Crippen LogP contribution is -2.41. The Labute approximate surface area is 178 Å². The van der Waals surface area contributed by atoms with Crippen LogP contribution in [0.5, 0.6) is 5.75 Å². The number of anilines is 1. The maximum absolute atomic E-state index is 12.7. The molecule has 1 fully saturated rings. The van der Waals surface area contributed by atoms with Gasteiger partial charge in [-0.25, -0.2) is 12.7 Å². The number of nitrogens with one attached hydrogen (secondary N) is 1. The van der Waals surface area contributed by atoms with Gasteiger partial charge in [0.1, 0.15) is 12.4 Å². The zero-order valence-corrected chi connectivity index (χ0v) is 17.9. The fourth-order valence-corrected chi connectivity index (χ4v) is 4.99. The van der Waals surface area contributed by atoms with Crippen molar-refractivity contribution in [3.8, 4) is 5.75 Å². The Morgan fingerprint density at radius 1 is 1.07 bits per heavy atom. The first-order valence-corrected chi connectivity index (χ1v) is 11.6. The van der Waals surface area contributed by atoms with Crippen molar-refractivity contribution in [2.45, 2.75) is 18.6 Å². The monoisotopic (exact) mass is 432 g/mol. The molecule has 1 aliphatic heterocycles. The van der Waals surface area contributed by atoms with Crippen LogP contribution in [0.25, 0.3) is 0 Å². The van der Waals surface area contributed by atoms with Crippen LogP contribution < -0.4 is 10.1 Å². The summed E-state index contributed by atoms with van der Waals surface area (Å²) in [4.78, 5) is 12.6. The number of carbonyl (C=O) groups is 1. The normalized spacial score (nSPS) is 15.6. The maximum Gasteiger partial charge on any atom is 0.227 e. The molecule has 30 heavy (non-hydrogen) atoms. The van der Waals surface area contributed by atoms with Crippen LogP contribution in [0.3, 0.4) is 0 Å². The van der Waals surface area contributed by atoms with Crippen LogP contribution in [0.1, 0.15) is 18.4 Å². The summed E-state index contributed by atoms with van der Waals surface area (Å²) in [6.45, 7) is 1.63. The van der Waals surface area contributed by atoms with Gasteiger partial charge in [-0.1, -0.05) is 36.4 Å². The number of benzene rings is 2. The molecule has 2 aromatic rings. The standard InChI is InChI=1S/C22H28N2O5S/c1-28-14-15-29-21-9-5-8-20(16-21)23-22(25)19-10-12-24(13-11-19)30(26,27)17-18-6-3-2-4-7-18/h2-9,16,19H,10-15,17H2,1H3,(H,23,25). The van der Waals surface area contributed by atoms with E-state index in [0.29, 0.717) is 50.6 Å². The third-order valence-electron chi connectivity index (χ3n) is 5.07. The summed E-state index contributed by atoms with van der Waals surface area (Å²) < 4.78 is 37.4. The Balaban J connectivity index is 1.51. The smallest absolute Gasteiger partial charge is 0.227 e. The van der Waals surface area contributed by atoms with Crippen LogP contribution in [0, 0.1) is 5.92 Å². The Morgan fingerprint density at radius 3 is 2.50 bits per heavy atom. The van der Waals surface area contributed by atoms with Crippen molar-refractivity contribution in [2.75, 3.05) is 38.7 Å². The molecule has 1 heterocycles. The van der Waals surface area contributed by atoms with E-state index in [1.165, 1.54) is 4.31 Å². The predicted octanol–water partition coefficient (Wildman–Crippen LogP) is 2.89. The molecule has 1 N–H and O–H groups in total. The molecule has 0 unspecified atom stereocenters. The second-order valence-electron chi connectivity index (χ2n) is 7.27. The Bertz CT molecular complexity index is 926.